The second-order valence-electron chi connectivity index (χ2n) is 6.93. The fraction of sp³-hybridized carbons (Fsp3) is 0.812. The molecule has 2 aliphatic heterocycles. The largest absolute Gasteiger partial charge is 0.341 e. The van der Waals surface area contributed by atoms with E-state index in [9.17, 15) is 4.79 Å². The van der Waals surface area contributed by atoms with Crippen LogP contribution < -0.4 is 0 Å². The zero-order valence-electron chi connectivity index (χ0n) is 14.0. The molecule has 0 N–H and O–H groups in total. The fourth-order valence-electron chi connectivity index (χ4n) is 3.71. The van der Waals surface area contributed by atoms with Gasteiger partial charge < -0.3 is 9.47 Å². The van der Waals surface area contributed by atoms with Gasteiger partial charge in [-0.1, -0.05) is 13.8 Å². The molecule has 6 heteroatoms. The van der Waals surface area contributed by atoms with Crippen molar-refractivity contribution >= 4 is 5.91 Å². The van der Waals surface area contributed by atoms with Gasteiger partial charge in [-0.15, -0.1) is 10.2 Å². The summed E-state index contributed by atoms with van der Waals surface area (Å²) in [5.41, 5.74) is 0. The van der Waals surface area contributed by atoms with Gasteiger partial charge in [0.2, 0.25) is 5.91 Å². The molecular formula is C16H27N5O. The number of nitrogens with zero attached hydrogens (tertiary/aromatic N) is 5. The molecule has 0 aliphatic carbocycles. The van der Waals surface area contributed by atoms with Crippen LogP contribution in [0.1, 0.15) is 51.3 Å². The number of likely N-dealkylation sites (tertiary alicyclic amines) is 1. The van der Waals surface area contributed by atoms with Gasteiger partial charge in [0, 0.05) is 39.5 Å². The van der Waals surface area contributed by atoms with Crippen molar-refractivity contribution in [3.8, 4) is 0 Å². The van der Waals surface area contributed by atoms with E-state index < -0.39 is 0 Å². The van der Waals surface area contributed by atoms with Crippen LogP contribution in [-0.4, -0.2) is 56.7 Å². The average Bonchev–Trinajstić information content (AvgIpc) is 2.99. The van der Waals surface area contributed by atoms with Crippen LogP contribution in [0.2, 0.25) is 0 Å². The summed E-state index contributed by atoms with van der Waals surface area (Å²) in [6, 6.07) is 0.396. The first-order valence-corrected chi connectivity index (χ1v) is 8.47. The number of amides is 1. The van der Waals surface area contributed by atoms with Crippen molar-refractivity contribution in [1.82, 2.24) is 24.6 Å². The third-order valence-electron chi connectivity index (χ3n) is 4.76. The number of fused-ring (bicyclic) bond motifs is 1. The van der Waals surface area contributed by atoms with E-state index >= 15 is 0 Å². The predicted molar refractivity (Wildman–Crippen MR) is 84.4 cm³/mol. The Morgan fingerprint density at radius 3 is 2.77 bits per heavy atom. The van der Waals surface area contributed by atoms with Gasteiger partial charge in [-0.05, 0) is 25.3 Å². The minimum atomic E-state index is 0.155. The maximum atomic E-state index is 11.6. The normalized spacial score (nSPS) is 22.9. The third-order valence-corrected chi connectivity index (χ3v) is 4.76. The second kappa shape index (κ2) is 6.36. The highest BCUT2D eigenvalue weighted by molar-refractivity contribution is 5.73. The van der Waals surface area contributed by atoms with E-state index in [1.165, 1.54) is 12.8 Å². The highest BCUT2D eigenvalue weighted by Crippen LogP contribution is 2.32. The first-order valence-electron chi connectivity index (χ1n) is 8.47. The van der Waals surface area contributed by atoms with Gasteiger partial charge in [0.1, 0.15) is 11.6 Å². The molecule has 0 bridgehead atoms. The summed E-state index contributed by atoms with van der Waals surface area (Å²) in [5, 5.41) is 8.93. The Morgan fingerprint density at radius 1 is 1.23 bits per heavy atom. The van der Waals surface area contributed by atoms with Gasteiger partial charge in [0.25, 0.3) is 0 Å². The Balaban J connectivity index is 1.79. The topological polar surface area (TPSA) is 54.3 Å². The first-order chi connectivity index (χ1) is 10.6. The second-order valence-corrected chi connectivity index (χ2v) is 6.93. The van der Waals surface area contributed by atoms with Gasteiger partial charge in [-0.2, -0.15) is 0 Å². The molecule has 2 aliphatic rings. The third kappa shape index (κ3) is 3.02. The zero-order valence-corrected chi connectivity index (χ0v) is 14.0. The van der Waals surface area contributed by atoms with Crippen LogP contribution >= 0.6 is 0 Å². The van der Waals surface area contributed by atoms with Crippen LogP contribution in [0.5, 0.6) is 0 Å². The van der Waals surface area contributed by atoms with Crippen molar-refractivity contribution in [3.05, 3.63) is 11.6 Å². The summed E-state index contributed by atoms with van der Waals surface area (Å²) < 4.78 is 2.27. The highest BCUT2D eigenvalue weighted by Gasteiger charge is 2.32. The number of carbonyl (C=O) groups excluding carboxylic acids is 1. The van der Waals surface area contributed by atoms with Crippen molar-refractivity contribution in [2.75, 3.05) is 26.2 Å². The van der Waals surface area contributed by atoms with Gasteiger partial charge in [-0.25, -0.2) is 0 Å². The fourth-order valence-corrected chi connectivity index (χ4v) is 3.71. The van der Waals surface area contributed by atoms with E-state index in [0.29, 0.717) is 12.0 Å². The monoisotopic (exact) mass is 305 g/mol. The molecule has 0 unspecified atom stereocenters. The van der Waals surface area contributed by atoms with E-state index in [0.717, 1.165) is 50.8 Å². The molecular weight excluding hydrogens is 278 g/mol. The Kier molecular flexibility index (Phi) is 4.47. The maximum absolute atomic E-state index is 11.6. The molecule has 22 heavy (non-hydrogen) atoms. The molecule has 1 atom stereocenters. The van der Waals surface area contributed by atoms with Gasteiger partial charge in [-0.3, -0.25) is 9.69 Å². The molecule has 1 aromatic heterocycles. The highest BCUT2D eigenvalue weighted by atomic mass is 16.2. The summed E-state index contributed by atoms with van der Waals surface area (Å²) >= 11 is 0. The Morgan fingerprint density at radius 2 is 2.05 bits per heavy atom. The first kappa shape index (κ1) is 15.5. The minimum Gasteiger partial charge on any atom is -0.341 e. The zero-order chi connectivity index (χ0) is 15.7. The Bertz CT molecular complexity index is 539. The summed E-state index contributed by atoms with van der Waals surface area (Å²) in [6.45, 7) is 10.8. The minimum absolute atomic E-state index is 0.155. The molecule has 3 heterocycles. The molecule has 0 radical (unpaired) electrons. The van der Waals surface area contributed by atoms with Gasteiger partial charge >= 0.3 is 0 Å². The number of carbonyl (C=O) groups is 1. The van der Waals surface area contributed by atoms with E-state index in [1.807, 2.05) is 4.90 Å². The number of hydrogen-bond acceptors (Lipinski definition) is 4. The van der Waals surface area contributed by atoms with Crippen molar-refractivity contribution in [1.29, 1.82) is 0 Å². The summed E-state index contributed by atoms with van der Waals surface area (Å²) in [4.78, 5) is 16.1. The van der Waals surface area contributed by atoms with Crippen molar-refractivity contribution < 1.29 is 4.79 Å². The van der Waals surface area contributed by atoms with E-state index in [-0.39, 0.29) is 5.91 Å². The quantitative estimate of drug-likeness (QED) is 0.849. The lowest BCUT2D eigenvalue weighted by Crippen LogP contribution is -2.32. The standard InChI is InChI=1S/C16H27N5O/c1-12(2)11-20-7-4-5-14(20)16-18-17-15-6-8-19(13(3)22)9-10-21(15)16/h12,14H,4-11H2,1-3H3/t14-/m0/s1. The smallest absolute Gasteiger partial charge is 0.219 e. The molecule has 6 nitrogen and oxygen atoms in total. The lowest BCUT2D eigenvalue weighted by atomic mass is 10.1. The molecule has 0 saturated carbocycles. The Hall–Kier alpha value is -1.43. The molecule has 1 saturated heterocycles. The number of hydrogen-bond donors (Lipinski definition) is 0. The molecule has 0 spiro atoms. The average molecular weight is 305 g/mol. The molecule has 1 amide bonds. The molecule has 1 fully saturated rings. The van der Waals surface area contributed by atoms with Crippen LogP contribution in [0.15, 0.2) is 0 Å². The number of aromatic nitrogens is 3. The van der Waals surface area contributed by atoms with Crippen LogP contribution in [0.25, 0.3) is 0 Å². The van der Waals surface area contributed by atoms with Gasteiger partial charge in [0.05, 0.1) is 6.04 Å². The predicted octanol–water partition coefficient (Wildman–Crippen LogP) is 1.48. The lowest BCUT2D eigenvalue weighted by molar-refractivity contribution is -0.128. The SMILES string of the molecule is CC(=O)N1CCc2nnc([C@@H]3CCCN3CC(C)C)n2CC1. The molecule has 122 valence electrons. The molecule has 1 aromatic rings. The number of rotatable bonds is 3. The van der Waals surface area contributed by atoms with E-state index in [4.69, 9.17) is 0 Å². The van der Waals surface area contributed by atoms with E-state index in [2.05, 4.69) is 33.5 Å². The summed E-state index contributed by atoms with van der Waals surface area (Å²) in [7, 11) is 0. The molecule has 0 aromatic carbocycles. The van der Waals surface area contributed by atoms with Crippen molar-refractivity contribution in [2.24, 2.45) is 5.92 Å². The summed E-state index contributed by atoms with van der Waals surface area (Å²) in [6.07, 6.45) is 3.21. The van der Waals surface area contributed by atoms with E-state index in [1.54, 1.807) is 6.92 Å². The molecule has 3 rings (SSSR count). The summed E-state index contributed by atoms with van der Waals surface area (Å²) in [5.74, 6) is 2.97. The van der Waals surface area contributed by atoms with Crippen LogP contribution in [0.4, 0.5) is 0 Å². The maximum Gasteiger partial charge on any atom is 0.219 e. The lowest BCUT2D eigenvalue weighted by Gasteiger charge is -2.26. The Labute approximate surface area is 132 Å². The van der Waals surface area contributed by atoms with Crippen LogP contribution in [0, 0.1) is 5.92 Å². The van der Waals surface area contributed by atoms with Crippen LogP contribution in [-0.2, 0) is 17.8 Å². The van der Waals surface area contributed by atoms with Crippen LogP contribution in [0.3, 0.4) is 0 Å². The van der Waals surface area contributed by atoms with Gasteiger partial charge in [0.15, 0.2) is 0 Å². The van der Waals surface area contributed by atoms with Crippen molar-refractivity contribution in [2.45, 2.75) is 52.6 Å². The van der Waals surface area contributed by atoms with Crippen molar-refractivity contribution in [3.63, 3.8) is 0 Å².